The van der Waals surface area contributed by atoms with Crippen LogP contribution in [0, 0.1) is 5.92 Å². The van der Waals surface area contributed by atoms with Crippen molar-refractivity contribution in [3.05, 3.63) is 0 Å². The molecule has 0 aliphatic rings. The second kappa shape index (κ2) is 13.5. The fraction of sp³-hybridized carbons (Fsp3) is 1.00. The molecule has 0 aromatic rings. The first-order valence-corrected chi connectivity index (χ1v) is 9.08. The van der Waals surface area contributed by atoms with E-state index in [0.29, 0.717) is 6.42 Å². The Kier molecular flexibility index (Phi) is 13.5. The van der Waals surface area contributed by atoms with E-state index in [9.17, 15) is 0 Å². The minimum absolute atomic E-state index is 0.127. The van der Waals surface area contributed by atoms with Crippen LogP contribution >= 0.6 is 0 Å². The predicted molar refractivity (Wildman–Crippen MR) is 91.3 cm³/mol. The molecule has 0 saturated carbocycles. The first-order valence-electron chi connectivity index (χ1n) is 9.08. The molecule has 0 spiro atoms. The van der Waals surface area contributed by atoms with Crippen LogP contribution in [0.3, 0.4) is 0 Å². The van der Waals surface area contributed by atoms with Gasteiger partial charge in [0.25, 0.3) is 0 Å². The molecule has 1 unspecified atom stereocenters. The molecule has 4 N–H and O–H groups in total. The van der Waals surface area contributed by atoms with Gasteiger partial charge in [-0.15, -0.1) is 0 Å². The average molecular weight is 302 g/mol. The van der Waals surface area contributed by atoms with Crippen LogP contribution in [0.15, 0.2) is 0 Å². The normalized spacial score (nSPS) is 13.6. The second-order valence-electron chi connectivity index (χ2n) is 6.94. The number of nitrogens with two attached hydrogens (primary N) is 1. The summed E-state index contributed by atoms with van der Waals surface area (Å²) < 4.78 is 0. The van der Waals surface area contributed by atoms with Crippen LogP contribution in [-0.4, -0.2) is 29.0 Å². The summed E-state index contributed by atoms with van der Waals surface area (Å²) in [6.45, 7) is 4.37. The minimum Gasteiger partial charge on any atom is -0.394 e. The highest BCUT2D eigenvalue weighted by Crippen LogP contribution is 2.19. The molecule has 0 fully saturated rings. The molecule has 3 nitrogen and oxygen atoms in total. The molecule has 0 rings (SSSR count). The standard InChI is InChI=1S/C18H39NO2/c1-3-4-5-6-7-9-12-17(2)13-10-8-11-14-18(19,15-20)16-21/h17,20-21H,3-16,19H2,1-2H3. The molecule has 128 valence electrons. The summed E-state index contributed by atoms with van der Waals surface area (Å²) in [5.41, 5.74) is 5.08. The Balaban J connectivity index is 3.39. The lowest BCUT2D eigenvalue weighted by atomic mass is 9.92. The SMILES string of the molecule is CCCCCCCCC(C)CCCCCC(N)(CO)CO. The molecule has 0 radical (unpaired) electrons. The third kappa shape index (κ3) is 12.1. The van der Waals surface area contributed by atoms with Gasteiger partial charge in [-0.2, -0.15) is 0 Å². The molecular formula is C18H39NO2. The summed E-state index contributed by atoms with van der Waals surface area (Å²) in [5, 5.41) is 18.2. The topological polar surface area (TPSA) is 66.5 Å². The number of rotatable bonds is 15. The van der Waals surface area contributed by atoms with Crippen molar-refractivity contribution >= 4 is 0 Å². The highest BCUT2D eigenvalue weighted by molar-refractivity contribution is 4.81. The van der Waals surface area contributed by atoms with E-state index in [1.54, 1.807) is 0 Å². The monoisotopic (exact) mass is 301 g/mol. The molecule has 0 aliphatic heterocycles. The lowest BCUT2D eigenvalue weighted by molar-refractivity contribution is 0.112. The maximum atomic E-state index is 9.12. The fourth-order valence-electron chi connectivity index (χ4n) is 2.77. The van der Waals surface area contributed by atoms with Crippen molar-refractivity contribution in [2.75, 3.05) is 13.2 Å². The van der Waals surface area contributed by atoms with Crippen LogP contribution in [-0.2, 0) is 0 Å². The van der Waals surface area contributed by atoms with Crippen molar-refractivity contribution in [3.8, 4) is 0 Å². The summed E-state index contributed by atoms with van der Waals surface area (Å²) in [6.07, 6.45) is 15.1. The molecule has 3 heteroatoms. The predicted octanol–water partition coefficient (Wildman–Crippen LogP) is 4.01. The second-order valence-corrected chi connectivity index (χ2v) is 6.94. The zero-order chi connectivity index (χ0) is 16.0. The number of hydrogen-bond acceptors (Lipinski definition) is 3. The van der Waals surface area contributed by atoms with Gasteiger partial charge in [-0.05, 0) is 12.3 Å². The number of hydrogen-bond donors (Lipinski definition) is 3. The molecule has 0 aromatic carbocycles. The smallest absolute Gasteiger partial charge is 0.0633 e. The molecule has 0 bridgehead atoms. The van der Waals surface area contributed by atoms with Gasteiger partial charge in [0.1, 0.15) is 0 Å². The average Bonchev–Trinajstić information content (AvgIpc) is 2.50. The Bertz CT molecular complexity index is 217. The van der Waals surface area contributed by atoms with E-state index in [-0.39, 0.29) is 13.2 Å². The number of unbranched alkanes of at least 4 members (excludes halogenated alkanes) is 7. The summed E-state index contributed by atoms with van der Waals surface area (Å²) in [6, 6.07) is 0. The van der Waals surface area contributed by atoms with E-state index in [0.717, 1.165) is 18.8 Å². The van der Waals surface area contributed by atoms with Gasteiger partial charge in [0, 0.05) is 0 Å². The van der Waals surface area contributed by atoms with Gasteiger partial charge in [-0.3, -0.25) is 0 Å². The minimum atomic E-state index is -0.774. The van der Waals surface area contributed by atoms with Gasteiger partial charge in [0.15, 0.2) is 0 Å². The van der Waals surface area contributed by atoms with Gasteiger partial charge in [-0.25, -0.2) is 0 Å². The Morgan fingerprint density at radius 2 is 1.29 bits per heavy atom. The molecular weight excluding hydrogens is 262 g/mol. The summed E-state index contributed by atoms with van der Waals surface area (Å²) >= 11 is 0. The Labute approximate surface area is 132 Å². The van der Waals surface area contributed by atoms with E-state index < -0.39 is 5.54 Å². The Morgan fingerprint density at radius 1 is 0.810 bits per heavy atom. The maximum Gasteiger partial charge on any atom is 0.0633 e. The molecule has 0 aromatic heterocycles. The molecule has 0 amide bonds. The van der Waals surface area contributed by atoms with Gasteiger partial charge in [0.05, 0.1) is 18.8 Å². The lowest BCUT2D eigenvalue weighted by Gasteiger charge is -2.24. The first kappa shape index (κ1) is 20.9. The molecule has 0 aliphatic carbocycles. The third-order valence-electron chi connectivity index (χ3n) is 4.55. The van der Waals surface area contributed by atoms with Crippen LogP contribution in [0.1, 0.15) is 90.9 Å². The Hall–Kier alpha value is -0.120. The summed E-state index contributed by atoms with van der Waals surface area (Å²) in [5.74, 6) is 0.828. The fourth-order valence-corrected chi connectivity index (χ4v) is 2.77. The zero-order valence-electron chi connectivity index (χ0n) is 14.4. The van der Waals surface area contributed by atoms with Crippen molar-refractivity contribution in [1.29, 1.82) is 0 Å². The van der Waals surface area contributed by atoms with Crippen LogP contribution in [0.5, 0.6) is 0 Å². The molecule has 0 saturated heterocycles. The van der Waals surface area contributed by atoms with Crippen LogP contribution in [0.25, 0.3) is 0 Å². The summed E-state index contributed by atoms with van der Waals surface area (Å²) in [4.78, 5) is 0. The van der Waals surface area contributed by atoms with Crippen molar-refractivity contribution < 1.29 is 10.2 Å². The van der Waals surface area contributed by atoms with E-state index in [1.807, 2.05) is 0 Å². The number of aliphatic hydroxyl groups is 2. The van der Waals surface area contributed by atoms with Gasteiger partial charge in [-0.1, -0.05) is 84.5 Å². The largest absolute Gasteiger partial charge is 0.394 e. The van der Waals surface area contributed by atoms with Gasteiger partial charge in [0.2, 0.25) is 0 Å². The van der Waals surface area contributed by atoms with Crippen LogP contribution in [0.2, 0.25) is 0 Å². The van der Waals surface area contributed by atoms with Crippen molar-refractivity contribution in [2.45, 2.75) is 96.4 Å². The van der Waals surface area contributed by atoms with Crippen LogP contribution < -0.4 is 5.73 Å². The van der Waals surface area contributed by atoms with Gasteiger partial charge >= 0.3 is 0 Å². The molecule has 21 heavy (non-hydrogen) atoms. The van der Waals surface area contributed by atoms with Crippen molar-refractivity contribution in [1.82, 2.24) is 0 Å². The van der Waals surface area contributed by atoms with E-state index in [1.165, 1.54) is 57.8 Å². The van der Waals surface area contributed by atoms with E-state index in [2.05, 4.69) is 13.8 Å². The van der Waals surface area contributed by atoms with Crippen molar-refractivity contribution in [3.63, 3.8) is 0 Å². The number of aliphatic hydroxyl groups excluding tert-OH is 2. The highest BCUT2D eigenvalue weighted by Gasteiger charge is 2.21. The zero-order valence-corrected chi connectivity index (χ0v) is 14.4. The molecule has 1 atom stereocenters. The molecule has 0 heterocycles. The lowest BCUT2D eigenvalue weighted by Crippen LogP contribution is -2.47. The van der Waals surface area contributed by atoms with Crippen molar-refractivity contribution in [2.24, 2.45) is 11.7 Å². The first-order chi connectivity index (χ1) is 10.1. The Morgan fingerprint density at radius 3 is 1.81 bits per heavy atom. The van der Waals surface area contributed by atoms with E-state index in [4.69, 9.17) is 15.9 Å². The van der Waals surface area contributed by atoms with Crippen LogP contribution in [0.4, 0.5) is 0 Å². The maximum absolute atomic E-state index is 9.12. The van der Waals surface area contributed by atoms with E-state index >= 15 is 0 Å². The quantitative estimate of drug-likeness (QED) is 0.400. The third-order valence-corrected chi connectivity index (χ3v) is 4.55. The summed E-state index contributed by atoms with van der Waals surface area (Å²) in [7, 11) is 0. The van der Waals surface area contributed by atoms with Gasteiger partial charge < -0.3 is 15.9 Å². The highest BCUT2D eigenvalue weighted by atomic mass is 16.3.